The van der Waals surface area contributed by atoms with Crippen molar-refractivity contribution in [2.45, 2.75) is 33.4 Å². The van der Waals surface area contributed by atoms with E-state index in [9.17, 15) is 4.79 Å². The third-order valence-electron chi connectivity index (χ3n) is 3.25. The summed E-state index contributed by atoms with van der Waals surface area (Å²) < 4.78 is 11.4. The molecular weight excluding hydrogens is 326 g/mol. The predicted molar refractivity (Wildman–Crippen MR) is 96.0 cm³/mol. The van der Waals surface area contributed by atoms with Crippen LogP contribution in [0.3, 0.4) is 0 Å². The Balaban J connectivity index is 2.17. The van der Waals surface area contributed by atoms with Crippen molar-refractivity contribution < 1.29 is 14.3 Å². The van der Waals surface area contributed by atoms with Gasteiger partial charge in [0, 0.05) is 22.2 Å². The molecule has 0 heterocycles. The molecule has 0 atom stereocenters. The summed E-state index contributed by atoms with van der Waals surface area (Å²) in [7, 11) is 0. The van der Waals surface area contributed by atoms with Gasteiger partial charge in [0.15, 0.2) is 0 Å². The molecular formula is C19H22ClNO3. The van der Waals surface area contributed by atoms with E-state index in [2.05, 4.69) is 5.32 Å². The number of halogens is 1. The summed E-state index contributed by atoms with van der Waals surface area (Å²) in [5.41, 5.74) is 1.41. The van der Waals surface area contributed by atoms with Crippen molar-refractivity contribution in [3.63, 3.8) is 0 Å². The van der Waals surface area contributed by atoms with Gasteiger partial charge in [-0.3, -0.25) is 4.79 Å². The van der Waals surface area contributed by atoms with Crippen LogP contribution in [0.15, 0.2) is 42.5 Å². The standard InChI is InChI=1S/C19H22ClNO3/c1-4-23-18-10-5-14(19(22)21-13(2)3)11-15(18)12-24-17-8-6-16(20)7-9-17/h5-11,13H,4,12H2,1-3H3,(H,21,22). The molecule has 0 aliphatic rings. The van der Waals surface area contributed by atoms with Gasteiger partial charge in [0.05, 0.1) is 6.61 Å². The van der Waals surface area contributed by atoms with Gasteiger partial charge in [-0.25, -0.2) is 0 Å². The van der Waals surface area contributed by atoms with E-state index in [0.29, 0.717) is 35.3 Å². The first kappa shape index (κ1) is 18.1. The van der Waals surface area contributed by atoms with Gasteiger partial charge in [0.1, 0.15) is 18.1 Å². The highest BCUT2D eigenvalue weighted by Gasteiger charge is 2.12. The molecule has 0 aromatic heterocycles. The van der Waals surface area contributed by atoms with E-state index in [1.165, 1.54) is 0 Å². The Morgan fingerprint density at radius 2 is 1.83 bits per heavy atom. The molecule has 0 saturated heterocycles. The van der Waals surface area contributed by atoms with Gasteiger partial charge in [-0.05, 0) is 63.2 Å². The highest BCUT2D eigenvalue weighted by Crippen LogP contribution is 2.23. The van der Waals surface area contributed by atoms with Gasteiger partial charge < -0.3 is 14.8 Å². The largest absolute Gasteiger partial charge is 0.493 e. The van der Waals surface area contributed by atoms with Gasteiger partial charge in [-0.15, -0.1) is 0 Å². The predicted octanol–water partition coefficient (Wildman–Crippen LogP) is 4.46. The van der Waals surface area contributed by atoms with Crippen molar-refractivity contribution in [3.8, 4) is 11.5 Å². The molecule has 0 saturated carbocycles. The SMILES string of the molecule is CCOc1ccc(C(=O)NC(C)C)cc1COc1ccc(Cl)cc1. The third kappa shape index (κ3) is 5.17. The van der Waals surface area contributed by atoms with Crippen LogP contribution in [0, 0.1) is 0 Å². The first-order valence-electron chi connectivity index (χ1n) is 7.94. The lowest BCUT2D eigenvalue weighted by atomic mass is 10.1. The first-order chi connectivity index (χ1) is 11.5. The summed E-state index contributed by atoms with van der Waals surface area (Å²) in [5.74, 6) is 1.31. The number of carbonyl (C=O) groups excluding carboxylic acids is 1. The van der Waals surface area contributed by atoms with Gasteiger partial charge in [-0.1, -0.05) is 11.6 Å². The van der Waals surface area contributed by atoms with Crippen LogP contribution in [-0.2, 0) is 6.61 Å². The summed E-state index contributed by atoms with van der Waals surface area (Å²) in [4.78, 5) is 12.2. The highest BCUT2D eigenvalue weighted by molar-refractivity contribution is 6.30. The van der Waals surface area contributed by atoms with E-state index < -0.39 is 0 Å². The monoisotopic (exact) mass is 347 g/mol. The summed E-state index contributed by atoms with van der Waals surface area (Å²) in [5, 5.41) is 3.54. The normalized spacial score (nSPS) is 10.5. The second-order valence-electron chi connectivity index (χ2n) is 5.63. The maximum absolute atomic E-state index is 12.2. The van der Waals surface area contributed by atoms with Crippen molar-refractivity contribution in [3.05, 3.63) is 58.6 Å². The van der Waals surface area contributed by atoms with Gasteiger partial charge in [-0.2, -0.15) is 0 Å². The lowest BCUT2D eigenvalue weighted by Crippen LogP contribution is -2.30. The Bertz CT molecular complexity index is 684. The van der Waals surface area contributed by atoms with E-state index in [0.717, 1.165) is 5.56 Å². The van der Waals surface area contributed by atoms with Crippen molar-refractivity contribution in [1.82, 2.24) is 5.32 Å². The fourth-order valence-corrected chi connectivity index (χ4v) is 2.29. The van der Waals surface area contributed by atoms with Crippen molar-refractivity contribution in [1.29, 1.82) is 0 Å². The minimum Gasteiger partial charge on any atom is -0.493 e. The van der Waals surface area contributed by atoms with Crippen LogP contribution < -0.4 is 14.8 Å². The molecule has 5 heteroatoms. The Morgan fingerprint density at radius 1 is 1.12 bits per heavy atom. The van der Waals surface area contributed by atoms with Crippen LogP contribution in [0.5, 0.6) is 11.5 Å². The zero-order valence-electron chi connectivity index (χ0n) is 14.1. The van der Waals surface area contributed by atoms with E-state index in [4.69, 9.17) is 21.1 Å². The van der Waals surface area contributed by atoms with Crippen LogP contribution in [0.2, 0.25) is 5.02 Å². The van der Waals surface area contributed by atoms with Gasteiger partial charge >= 0.3 is 0 Å². The second kappa shape index (κ2) is 8.60. The van der Waals surface area contributed by atoms with Crippen LogP contribution in [0.4, 0.5) is 0 Å². The van der Waals surface area contributed by atoms with Crippen LogP contribution in [0.25, 0.3) is 0 Å². The van der Waals surface area contributed by atoms with Gasteiger partial charge in [0.25, 0.3) is 5.91 Å². The molecule has 24 heavy (non-hydrogen) atoms. The number of rotatable bonds is 7. The van der Waals surface area contributed by atoms with E-state index in [-0.39, 0.29) is 11.9 Å². The molecule has 2 rings (SSSR count). The lowest BCUT2D eigenvalue weighted by Gasteiger charge is -2.14. The van der Waals surface area contributed by atoms with E-state index in [1.807, 2.05) is 20.8 Å². The fraction of sp³-hybridized carbons (Fsp3) is 0.316. The summed E-state index contributed by atoms with van der Waals surface area (Å²) in [6.07, 6.45) is 0. The Hall–Kier alpha value is -2.20. The molecule has 0 bridgehead atoms. The zero-order chi connectivity index (χ0) is 17.5. The Kier molecular flexibility index (Phi) is 6.50. The van der Waals surface area contributed by atoms with E-state index >= 15 is 0 Å². The molecule has 0 spiro atoms. The molecule has 0 fully saturated rings. The maximum Gasteiger partial charge on any atom is 0.251 e. The molecule has 0 unspecified atom stereocenters. The number of carbonyl (C=O) groups is 1. The number of ether oxygens (including phenoxy) is 2. The minimum atomic E-state index is -0.110. The lowest BCUT2D eigenvalue weighted by molar-refractivity contribution is 0.0943. The Morgan fingerprint density at radius 3 is 2.46 bits per heavy atom. The van der Waals surface area contributed by atoms with Crippen molar-refractivity contribution >= 4 is 17.5 Å². The smallest absolute Gasteiger partial charge is 0.251 e. The van der Waals surface area contributed by atoms with Crippen molar-refractivity contribution in [2.75, 3.05) is 6.61 Å². The van der Waals surface area contributed by atoms with Crippen molar-refractivity contribution in [2.24, 2.45) is 0 Å². The molecule has 0 aliphatic carbocycles. The van der Waals surface area contributed by atoms with E-state index in [1.54, 1.807) is 42.5 Å². The molecule has 4 nitrogen and oxygen atoms in total. The van der Waals surface area contributed by atoms with Crippen LogP contribution >= 0.6 is 11.6 Å². The molecule has 1 amide bonds. The molecule has 0 aliphatic heterocycles. The zero-order valence-corrected chi connectivity index (χ0v) is 14.9. The molecule has 2 aromatic carbocycles. The summed E-state index contributed by atoms with van der Waals surface area (Å²) >= 11 is 5.87. The second-order valence-corrected chi connectivity index (χ2v) is 6.06. The minimum absolute atomic E-state index is 0.0813. The number of nitrogens with one attached hydrogen (secondary N) is 1. The fourth-order valence-electron chi connectivity index (χ4n) is 2.17. The number of benzene rings is 2. The summed E-state index contributed by atoms with van der Waals surface area (Å²) in [6.45, 7) is 6.63. The summed E-state index contributed by atoms with van der Waals surface area (Å²) in [6, 6.07) is 12.6. The average molecular weight is 348 g/mol. The average Bonchev–Trinajstić information content (AvgIpc) is 2.55. The van der Waals surface area contributed by atoms with Crippen LogP contribution in [0.1, 0.15) is 36.7 Å². The first-order valence-corrected chi connectivity index (χ1v) is 8.32. The molecule has 2 aromatic rings. The molecule has 1 N–H and O–H groups in total. The molecule has 0 radical (unpaired) electrons. The van der Waals surface area contributed by atoms with Gasteiger partial charge in [0.2, 0.25) is 0 Å². The number of hydrogen-bond acceptors (Lipinski definition) is 3. The number of hydrogen-bond donors (Lipinski definition) is 1. The van der Waals surface area contributed by atoms with Crippen LogP contribution in [-0.4, -0.2) is 18.6 Å². The Labute approximate surface area is 147 Å². The molecule has 128 valence electrons. The maximum atomic E-state index is 12.2. The number of amides is 1. The highest BCUT2D eigenvalue weighted by atomic mass is 35.5. The topological polar surface area (TPSA) is 47.6 Å². The quantitative estimate of drug-likeness (QED) is 0.804. The third-order valence-corrected chi connectivity index (χ3v) is 3.50.